The Balaban J connectivity index is 1.54. The highest BCUT2D eigenvalue weighted by molar-refractivity contribution is 5.74. The van der Waals surface area contributed by atoms with Gasteiger partial charge in [0.25, 0.3) is 0 Å². The van der Waals surface area contributed by atoms with Gasteiger partial charge in [0.15, 0.2) is 6.61 Å². The minimum absolute atomic E-state index is 0.124. The van der Waals surface area contributed by atoms with Crippen molar-refractivity contribution in [2.24, 2.45) is 0 Å². The van der Waals surface area contributed by atoms with Gasteiger partial charge in [0.2, 0.25) is 0 Å². The molecule has 0 aromatic heterocycles. The van der Waals surface area contributed by atoms with Gasteiger partial charge in [-0.25, -0.2) is 4.79 Å². The van der Waals surface area contributed by atoms with Crippen molar-refractivity contribution in [2.75, 3.05) is 6.61 Å². The van der Waals surface area contributed by atoms with Crippen molar-refractivity contribution in [3.05, 3.63) is 83.9 Å². The number of carbonyl (C=O) groups is 1. The maximum absolute atomic E-state index is 12.0. The van der Waals surface area contributed by atoms with Crippen LogP contribution in [0.3, 0.4) is 0 Å². The number of carbonyl (C=O) groups excluding carboxylic acids is 1. The fraction of sp³-hybridized carbons (Fsp3) is 0.208. The summed E-state index contributed by atoms with van der Waals surface area (Å²) in [4.78, 5) is 12.0. The summed E-state index contributed by atoms with van der Waals surface area (Å²) in [6.45, 7) is 6.21. The van der Waals surface area contributed by atoms with Crippen LogP contribution in [-0.2, 0) is 4.79 Å². The lowest BCUT2D eigenvalue weighted by atomic mass is 10.0. The normalized spacial score (nSPS) is 10.7. The monoisotopic (exact) mass is 360 g/mol. The van der Waals surface area contributed by atoms with Gasteiger partial charge in [0.05, 0.1) is 0 Å². The molecule has 0 aliphatic carbocycles. The third-order valence-corrected chi connectivity index (χ3v) is 4.37. The molecule has 0 saturated carbocycles. The number of hydrogen-bond acceptors (Lipinski definition) is 3. The third-order valence-electron chi connectivity index (χ3n) is 4.37. The summed E-state index contributed by atoms with van der Waals surface area (Å²) in [5.74, 6) is 1.21. The largest absolute Gasteiger partial charge is 0.482 e. The summed E-state index contributed by atoms with van der Waals surface area (Å²) in [5, 5.41) is 0. The molecular formula is C24H24O3. The van der Waals surface area contributed by atoms with Crippen LogP contribution in [-0.4, -0.2) is 12.6 Å². The molecule has 0 bridgehead atoms. The Kier molecular flexibility index (Phi) is 5.92. The zero-order valence-corrected chi connectivity index (χ0v) is 15.9. The van der Waals surface area contributed by atoms with E-state index in [0.29, 0.717) is 17.4 Å². The van der Waals surface area contributed by atoms with Gasteiger partial charge in [-0.2, -0.15) is 0 Å². The summed E-state index contributed by atoms with van der Waals surface area (Å²) in [7, 11) is 0. The van der Waals surface area contributed by atoms with Gasteiger partial charge in [-0.15, -0.1) is 0 Å². The number of rotatable bonds is 6. The minimum atomic E-state index is -0.425. The highest BCUT2D eigenvalue weighted by Crippen LogP contribution is 2.23. The molecule has 138 valence electrons. The topological polar surface area (TPSA) is 35.5 Å². The van der Waals surface area contributed by atoms with Crippen LogP contribution in [0.25, 0.3) is 11.1 Å². The van der Waals surface area contributed by atoms with Gasteiger partial charge >= 0.3 is 5.97 Å². The average Bonchev–Trinajstić information content (AvgIpc) is 2.68. The summed E-state index contributed by atoms with van der Waals surface area (Å²) < 4.78 is 10.8. The third kappa shape index (κ3) is 5.20. The molecular weight excluding hydrogens is 336 g/mol. The van der Waals surface area contributed by atoms with Crippen LogP contribution in [0.5, 0.6) is 11.5 Å². The molecule has 0 unspecified atom stereocenters. The predicted octanol–water partition coefficient (Wildman–Crippen LogP) is 5.77. The second-order valence-corrected chi connectivity index (χ2v) is 6.88. The molecule has 0 aliphatic rings. The first-order valence-electron chi connectivity index (χ1n) is 9.12. The van der Waals surface area contributed by atoms with E-state index in [0.717, 1.165) is 11.1 Å². The van der Waals surface area contributed by atoms with Gasteiger partial charge in [-0.1, -0.05) is 67.9 Å². The first-order chi connectivity index (χ1) is 13.0. The van der Waals surface area contributed by atoms with Crippen molar-refractivity contribution in [1.82, 2.24) is 0 Å². The molecule has 0 N–H and O–H groups in total. The van der Waals surface area contributed by atoms with Crippen molar-refractivity contribution in [3.8, 4) is 22.6 Å². The number of aryl methyl sites for hydroxylation is 1. The van der Waals surface area contributed by atoms with Crippen molar-refractivity contribution >= 4 is 5.97 Å². The molecule has 27 heavy (non-hydrogen) atoms. The van der Waals surface area contributed by atoms with Crippen LogP contribution >= 0.6 is 0 Å². The second kappa shape index (κ2) is 8.54. The molecule has 0 amide bonds. The van der Waals surface area contributed by atoms with Gasteiger partial charge in [0.1, 0.15) is 11.5 Å². The fourth-order valence-electron chi connectivity index (χ4n) is 2.71. The summed E-state index contributed by atoms with van der Waals surface area (Å²) >= 11 is 0. The van der Waals surface area contributed by atoms with Crippen LogP contribution in [0.1, 0.15) is 30.9 Å². The maximum Gasteiger partial charge on any atom is 0.349 e. The summed E-state index contributed by atoms with van der Waals surface area (Å²) in [6, 6.07) is 23.6. The Morgan fingerprint density at radius 1 is 0.778 bits per heavy atom. The molecule has 0 saturated heterocycles. The molecule has 0 fully saturated rings. The fourth-order valence-corrected chi connectivity index (χ4v) is 2.71. The van der Waals surface area contributed by atoms with E-state index in [1.807, 2.05) is 36.4 Å². The molecule has 3 aromatic rings. The quantitative estimate of drug-likeness (QED) is 0.413. The van der Waals surface area contributed by atoms with E-state index in [1.165, 1.54) is 11.1 Å². The van der Waals surface area contributed by atoms with Crippen LogP contribution < -0.4 is 9.47 Å². The highest BCUT2D eigenvalue weighted by Gasteiger charge is 2.07. The number of hydrogen-bond donors (Lipinski definition) is 0. The second-order valence-electron chi connectivity index (χ2n) is 6.88. The zero-order valence-electron chi connectivity index (χ0n) is 15.9. The highest BCUT2D eigenvalue weighted by atomic mass is 16.6. The molecule has 0 spiro atoms. The first kappa shape index (κ1) is 18.7. The molecule has 0 aliphatic heterocycles. The van der Waals surface area contributed by atoms with Crippen molar-refractivity contribution < 1.29 is 14.3 Å². The Morgan fingerprint density at radius 3 is 1.85 bits per heavy atom. The van der Waals surface area contributed by atoms with E-state index in [-0.39, 0.29) is 6.61 Å². The first-order valence-corrected chi connectivity index (χ1v) is 9.12. The van der Waals surface area contributed by atoms with E-state index in [9.17, 15) is 4.79 Å². The van der Waals surface area contributed by atoms with Crippen molar-refractivity contribution in [1.29, 1.82) is 0 Å². The van der Waals surface area contributed by atoms with E-state index >= 15 is 0 Å². The predicted molar refractivity (Wildman–Crippen MR) is 108 cm³/mol. The lowest BCUT2D eigenvalue weighted by molar-refractivity contribution is -0.136. The number of esters is 1. The van der Waals surface area contributed by atoms with Gasteiger partial charge < -0.3 is 9.47 Å². The van der Waals surface area contributed by atoms with Gasteiger partial charge in [0, 0.05) is 0 Å². The van der Waals surface area contributed by atoms with Crippen LogP contribution in [0.15, 0.2) is 72.8 Å². The van der Waals surface area contributed by atoms with Crippen LogP contribution in [0.4, 0.5) is 0 Å². The summed E-state index contributed by atoms with van der Waals surface area (Å²) in [5.41, 5.74) is 4.67. The average molecular weight is 360 g/mol. The van der Waals surface area contributed by atoms with Crippen LogP contribution in [0, 0.1) is 6.92 Å². The van der Waals surface area contributed by atoms with Gasteiger partial charge in [-0.3, -0.25) is 0 Å². The smallest absolute Gasteiger partial charge is 0.349 e. The molecule has 3 aromatic carbocycles. The molecule has 3 nitrogen and oxygen atoms in total. The van der Waals surface area contributed by atoms with E-state index in [1.54, 1.807) is 12.1 Å². The molecule has 0 atom stereocenters. The minimum Gasteiger partial charge on any atom is -0.482 e. The van der Waals surface area contributed by atoms with E-state index in [2.05, 4.69) is 45.0 Å². The Hall–Kier alpha value is -3.07. The molecule has 3 rings (SSSR count). The zero-order chi connectivity index (χ0) is 19.2. The number of ether oxygens (including phenoxy) is 2. The standard InChI is InChI=1S/C24H24O3/c1-17(2)19-8-12-22(13-9-19)26-16-24(25)27-23-14-10-21(11-15-23)20-6-4-18(3)5-7-20/h4-15,17H,16H2,1-3H3. The van der Waals surface area contributed by atoms with E-state index < -0.39 is 5.97 Å². The molecule has 0 radical (unpaired) electrons. The maximum atomic E-state index is 12.0. The Morgan fingerprint density at radius 2 is 1.30 bits per heavy atom. The SMILES string of the molecule is Cc1ccc(-c2ccc(OC(=O)COc3ccc(C(C)C)cc3)cc2)cc1. The number of benzene rings is 3. The Labute approximate surface area is 160 Å². The van der Waals surface area contributed by atoms with Crippen LogP contribution in [0.2, 0.25) is 0 Å². The van der Waals surface area contributed by atoms with Gasteiger partial charge in [-0.05, 0) is 53.8 Å². The van der Waals surface area contributed by atoms with Crippen molar-refractivity contribution in [3.63, 3.8) is 0 Å². The van der Waals surface area contributed by atoms with Crippen molar-refractivity contribution in [2.45, 2.75) is 26.7 Å². The lowest BCUT2D eigenvalue weighted by Crippen LogP contribution is -2.17. The van der Waals surface area contributed by atoms with E-state index in [4.69, 9.17) is 9.47 Å². The molecule has 0 heterocycles. The Bertz CT molecular complexity index is 876. The lowest BCUT2D eigenvalue weighted by Gasteiger charge is -2.09. The molecule has 3 heteroatoms. The summed E-state index contributed by atoms with van der Waals surface area (Å²) in [6.07, 6.45) is 0.